The first kappa shape index (κ1) is 14.7. The lowest BCUT2D eigenvalue weighted by Crippen LogP contribution is -2.33. The highest BCUT2D eigenvalue weighted by molar-refractivity contribution is 7.90. The summed E-state index contributed by atoms with van der Waals surface area (Å²) in [4.78, 5) is 11.7. The number of hydrogen-bond acceptors (Lipinski definition) is 4. The molecule has 18 heavy (non-hydrogen) atoms. The first-order valence-corrected chi connectivity index (χ1v) is 7.28. The highest BCUT2D eigenvalue weighted by atomic mass is 32.2. The predicted octanol–water partition coefficient (Wildman–Crippen LogP) is 0.867. The van der Waals surface area contributed by atoms with Crippen molar-refractivity contribution in [2.75, 3.05) is 6.54 Å². The molecule has 0 spiro atoms. The Bertz CT molecular complexity index is 481. The smallest absolute Gasteiger partial charge is 0.264 e. The van der Waals surface area contributed by atoms with Gasteiger partial charge in [0, 0.05) is 6.42 Å². The molecule has 1 aromatic carbocycles. The Labute approximate surface area is 107 Å². The van der Waals surface area contributed by atoms with Gasteiger partial charge in [-0.05, 0) is 24.6 Å². The van der Waals surface area contributed by atoms with Gasteiger partial charge in [-0.15, -0.1) is 0 Å². The van der Waals surface area contributed by atoms with E-state index in [0.29, 0.717) is 6.54 Å². The van der Waals surface area contributed by atoms with Gasteiger partial charge in [-0.3, -0.25) is 4.79 Å². The molecular formula is C12H18N2O3S. The molecule has 3 N–H and O–H groups in total. The van der Waals surface area contributed by atoms with Crippen molar-refractivity contribution >= 4 is 15.9 Å². The van der Waals surface area contributed by atoms with Crippen molar-refractivity contribution in [1.29, 1.82) is 0 Å². The molecule has 1 aromatic rings. The van der Waals surface area contributed by atoms with Crippen LogP contribution in [0.15, 0.2) is 35.2 Å². The van der Waals surface area contributed by atoms with Gasteiger partial charge in [-0.25, -0.2) is 13.1 Å². The van der Waals surface area contributed by atoms with Crippen molar-refractivity contribution in [1.82, 2.24) is 4.72 Å². The molecule has 0 aliphatic heterocycles. The molecule has 0 aliphatic carbocycles. The number of carbonyl (C=O) groups is 1. The number of benzene rings is 1. The zero-order chi connectivity index (χ0) is 13.6. The number of sulfonamides is 1. The maximum Gasteiger partial charge on any atom is 0.264 e. The van der Waals surface area contributed by atoms with Crippen LogP contribution < -0.4 is 10.5 Å². The molecule has 6 heteroatoms. The second-order valence-electron chi connectivity index (χ2n) is 4.06. The largest absolute Gasteiger partial charge is 0.330 e. The van der Waals surface area contributed by atoms with Crippen LogP contribution in [0.2, 0.25) is 0 Å². The molecule has 5 nitrogen and oxygen atoms in total. The summed E-state index contributed by atoms with van der Waals surface area (Å²) in [6.07, 6.45) is 0.869. The van der Waals surface area contributed by atoms with Gasteiger partial charge in [0.1, 0.15) is 0 Å². The van der Waals surface area contributed by atoms with Gasteiger partial charge in [0.05, 0.1) is 4.90 Å². The number of carbonyl (C=O) groups excluding carboxylic acids is 1. The van der Waals surface area contributed by atoms with Crippen LogP contribution in [0, 0.1) is 5.92 Å². The molecule has 0 heterocycles. The molecule has 100 valence electrons. The van der Waals surface area contributed by atoms with Crippen LogP contribution in [-0.4, -0.2) is 20.9 Å². The van der Waals surface area contributed by atoms with Crippen LogP contribution in [0.3, 0.4) is 0 Å². The highest BCUT2D eigenvalue weighted by Crippen LogP contribution is 2.10. The third-order valence-corrected chi connectivity index (χ3v) is 4.08. The Kier molecular flexibility index (Phi) is 5.30. The number of rotatable bonds is 6. The van der Waals surface area contributed by atoms with Gasteiger partial charge in [0.15, 0.2) is 0 Å². The molecule has 0 bridgehead atoms. The first-order valence-electron chi connectivity index (χ1n) is 5.80. The van der Waals surface area contributed by atoms with E-state index >= 15 is 0 Å². The lowest BCUT2D eigenvalue weighted by atomic mass is 10.0. The molecule has 0 radical (unpaired) electrons. The average molecular weight is 270 g/mol. The Morgan fingerprint density at radius 2 is 1.94 bits per heavy atom. The van der Waals surface area contributed by atoms with Crippen molar-refractivity contribution in [3.63, 3.8) is 0 Å². The minimum Gasteiger partial charge on any atom is -0.330 e. The molecule has 0 fully saturated rings. The SMILES string of the molecule is CCC(CN)CC(=O)NS(=O)(=O)c1ccccc1. The summed E-state index contributed by atoms with van der Waals surface area (Å²) >= 11 is 0. The summed E-state index contributed by atoms with van der Waals surface area (Å²) in [6, 6.07) is 7.80. The topological polar surface area (TPSA) is 89.3 Å². The average Bonchev–Trinajstić information content (AvgIpc) is 2.36. The standard InChI is InChI=1S/C12H18N2O3S/c1-2-10(9-13)8-12(15)14-18(16,17)11-6-4-3-5-7-11/h3-7,10H,2,8-9,13H2,1H3,(H,14,15). The molecule has 1 amide bonds. The molecular weight excluding hydrogens is 252 g/mol. The monoisotopic (exact) mass is 270 g/mol. The molecule has 0 aromatic heterocycles. The van der Waals surface area contributed by atoms with Gasteiger partial charge in [0.2, 0.25) is 5.91 Å². The Balaban J connectivity index is 2.70. The van der Waals surface area contributed by atoms with Gasteiger partial charge in [-0.2, -0.15) is 0 Å². The van der Waals surface area contributed by atoms with Crippen LogP contribution in [-0.2, 0) is 14.8 Å². The zero-order valence-corrected chi connectivity index (χ0v) is 11.1. The van der Waals surface area contributed by atoms with E-state index in [4.69, 9.17) is 5.73 Å². The van der Waals surface area contributed by atoms with Crippen molar-refractivity contribution < 1.29 is 13.2 Å². The fourth-order valence-corrected chi connectivity index (χ4v) is 2.52. The van der Waals surface area contributed by atoms with Crippen molar-refractivity contribution in [3.8, 4) is 0 Å². The Morgan fingerprint density at radius 3 is 2.44 bits per heavy atom. The van der Waals surface area contributed by atoms with E-state index in [2.05, 4.69) is 0 Å². The first-order chi connectivity index (χ1) is 8.49. The number of amides is 1. The number of nitrogens with two attached hydrogens (primary N) is 1. The summed E-state index contributed by atoms with van der Waals surface area (Å²) in [7, 11) is -3.76. The summed E-state index contributed by atoms with van der Waals surface area (Å²) in [5, 5.41) is 0. The third-order valence-electron chi connectivity index (χ3n) is 2.69. The summed E-state index contributed by atoms with van der Waals surface area (Å²) in [5.41, 5.74) is 5.48. The minimum atomic E-state index is -3.76. The molecule has 0 saturated heterocycles. The van der Waals surface area contributed by atoms with Crippen LogP contribution >= 0.6 is 0 Å². The molecule has 0 saturated carbocycles. The third kappa shape index (κ3) is 4.12. The van der Waals surface area contributed by atoms with Gasteiger partial charge in [0.25, 0.3) is 10.0 Å². The molecule has 1 rings (SSSR count). The van der Waals surface area contributed by atoms with Crippen LogP contribution in [0.25, 0.3) is 0 Å². The molecule has 0 aliphatic rings. The summed E-state index contributed by atoms with van der Waals surface area (Å²) in [6.45, 7) is 2.28. The van der Waals surface area contributed by atoms with Crippen molar-refractivity contribution in [3.05, 3.63) is 30.3 Å². The quantitative estimate of drug-likeness (QED) is 0.802. The van der Waals surface area contributed by atoms with Crippen molar-refractivity contribution in [2.45, 2.75) is 24.7 Å². The summed E-state index contributed by atoms with van der Waals surface area (Å²) < 4.78 is 25.7. The number of nitrogens with one attached hydrogen (secondary N) is 1. The predicted molar refractivity (Wildman–Crippen MR) is 69.2 cm³/mol. The molecule has 1 atom stereocenters. The van der Waals surface area contributed by atoms with Crippen LogP contribution in [0.5, 0.6) is 0 Å². The van der Waals surface area contributed by atoms with Gasteiger partial charge in [-0.1, -0.05) is 31.5 Å². The second-order valence-corrected chi connectivity index (χ2v) is 5.74. The van der Waals surface area contributed by atoms with E-state index in [-0.39, 0.29) is 17.2 Å². The van der Waals surface area contributed by atoms with E-state index in [1.807, 2.05) is 11.6 Å². The Hall–Kier alpha value is -1.40. The Morgan fingerprint density at radius 1 is 1.33 bits per heavy atom. The minimum absolute atomic E-state index is 0.0102. The van der Waals surface area contributed by atoms with E-state index in [1.54, 1.807) is 18.2 Å². The lowest BCUT2D eigenvalue weighted by Gasteiger charge is -2.12. The summed E-state index contributed by atoms with van der Waals surface area (Å²) in [5.74, 6) is -0.507. The maximum absolute atomic E-state index is 11.8. The van der Waals surface area contributed by atoms with Crippen LogP contribution in [0.4, 0.5) is 0 Å². The fraction of sp³-hybridized carbons (Fsp3) is 0.417. The van der Waals surface area contributed by atoms with E-state index in [9.17, 15) is 13.2 Å². The van der Waals surface area contributed by atoms with Crippen LogP contribution in [0.1, 0.15) is 19.8 Å². The van der Waals surface area contributed by atoms with Crippen molar-refractivity contribution in [2.24, 2.45) is 11.7 Å². The maximum atomic E-state index is 11.8. The highest BCUT2D eigenvalue weighted by Gasteiger charge is 2.19. The fourth-order valence-electron chi connectivity index (χ4n) is 1.51. The zero-order valence-electron chi connectivity index (χ0n) is 10.3. The van der Waals surface area contributed by atoms with E-state index in [1.165, 1.54) is 12.1 Å². The van der Waals surface area contributed by atoms with E-state index < -0.39 is 15.9 Å². The lowest BCUT2D eigenvalue weighted by molar-refractivity contribution is -0.120. The second kappa shape index (κ2) is 6.51. The van der Waals surface area contributed by atoms with Gasteiger partial charge < -0.3 is 5.73 Å². The van der Waals surface area contributed by atoms with Gasteiger partial charge >= 0.3 is 0 Å². The normalized spacial score (nSPS) is 13.0. The number of hydrogen-bond donors (Lipinski definition) is 2. The van der Waals surface area contributed by atoms with E-state index in [0.717, 1.165) is 6.42 Å². The molecule has 1 unspecified atom stereocenters.